The highest BCUT2D eigenvalue weighted by atomic mass is 19.1. The molecule has 1 aromatic rings. The largest absolute Gasteiger partial charge is 0.479 e. The van der Waals surface area contributed by atoms with Gasteiger partial charge in [0.1, 0.15) is 11.5 Å². The lowest BCUT2D eigenvalue weighted by Crippen LogP contribution is -2.48. The molecular formula is C13H15FN2O5. The molecule has 0 saturated carbocycles. The van der Waals surface area contributed by atoms with Crippen LogP contribution in [0.15, 0.2) is 18.3 Å². The van der Waals surface area contributed by atoms with Gasteiger partial charge >= 0.3 is 11.9 Å². The van der Waals surface area contributed by atoms with Crippen molar-refractivity contribution in [1.29, 1.82) is 0 Å². The normalized spacial score (nSPS) is 13.1. The molecule has 2 unspecified atom stereocenters. The predicted octanol–water partition coefficient (Wildman–Crippen LogP) is 0.745. The number of halogens is 1. The molecule has 1 rings (SSSR count). The van der Waals surface area contributed by atoms with Crippen molar-refractivity contribution in [3.63, 3.8) is 0 Å². The lowest BCUT2D eigenvalue weighted by molar-refractivity contribution is -0.158. The van der Waals surface area contributed by atoms with E-state index in [1.165, 1.54) is 0 Å². The maximum absolute atomic E-state index is 12.7. The number of esters is 1. The Hall–Kier alpha value is -2.51. The van der Waals surface area contributed by atoms with Gasteiger partial charge in [-0.05, 0) is 25.5 Å². The maximum Gasteiger partial charge on any atom is 0.340 e. The van der Waals surface area contributed by atoms with E-state index in [4.69, 9.17) is 9.84 Å². The first-order chi connectivity index (χ1) is 9.85. The number of carboxylic acid groups (broad SMARTS) is 1. The van der Waals surface area contributed by atoms with E-state index in [1.807, 2.05) is 5.32 Å². The van der Waals surface area contributed by atoms with Crippen LogP contribution in [0.5, 0.6) is 0 Å². The molecule has 1 amide bonds. The zero-order chi connectivity index (χ0) is 16.0. The molecule has 1 aromatic heterocycles. The third-order valence-electron chi connectivity index (χ3n) is 2.61. The molecular weight excluding hydrogens is 283 g/mol. The Morgan fingerprint density at radius 2 is 2.10 bits per heavy atom. The van der Waals surface area contributed by atoms with E-state index in [2.05, 4.69) is 4.98 Å². The number of rotatable bonds is 6. The van der Waals surface area contributed by atoms with Gasteiger partial charge in [-0.25, -0.2) is 19.0 Å². The number of carbonyl (C=O) groups is 3. The second kappa shape index (κ2) is 7.32. The number of nitrogens with zero attached hydrogens (tertiary/aromatic N) is 1. The summed E-state index contributed by atoms with van der Waals surface area (Å²) >= 11 is 0. The fourth-order valence-electron chi connectivity index (χ4n) is 1.29. The highest BCUT2D eigenvalue weighted by Gasteiger charge is 2.31. The minimum absolute atomic E-state index is 0.209. The van der Waals surface area contributed by atoms with Crippen LogP contribution >= 0.6 is 0 Å². The Kier molecular flexibility index (Phi) is 5.77. The zero-order valence-electron chi connectivity index (χ0n) is 11.5. The van der Waals surface area contributed by atoms with Crippen LogP contribution in [0.2, 0.25) is 0 Å². The summed E-state index contributed by atoms with van der Waals surface area (Å²) < 4.78 is 17.6. The molecule has 2 atom stereocenters. The summed E-state index contributed by atoms with van der Waals surface area (Å²) in [5.41, 5.74) is -0.209. The first kappa shape index (κ1) is 16.5. The number of carboxylic acids is 1. The van der Waals surface area contributed by atoms with Crippen molar-refractivity contribution >= 4 is 17.8 Å². The molecule has 0 spiro atoms. The van der Waals surface area contributed by atoms with Crippen molar-refractivity contribution < 1.29 is 28.6 Å². The third-order valence-corrected chi connectivity index (χ3v) is 2.61. The van der Waals surface area contributed by atoms with Gasteiger partial charge in [0.25, 0.3) is 5.91 Å². The third kappa shape index (κ3) is 4.83. The average molecular weight is 298 g/mol. The number of hydrogen-bond acceptors (Lipinski definition) is 5. The van der Waals surface area contributed by atoms with Crippen LogP contribution in [-0.2, 0) is 14.3 Å². The van der Waals surface area contributed by atoms with Gasteiger partial charge in [0.15, 0.2) is 0 Å². The summed E-state index contributed by atoms with van der Waals surface area (Å²) in [7, 11) is 0. The molecule has 7 nitrogen and oxygen atoms in total. The first-order valence-electron chi connectivity index (χ1n) is 6.20. The standard InChI is InChI=1S/C13H15FN2O5/c1-3-7(2)21-13(20)10(12(18)19)16-11(17)9-5-4-8(14)6-15-9/h4-7,10H,3H2,1-2H3,(H,16,17)(H,18,19). The second-order valence-corrected chi connectivity index (χ2v) is 4.26. The predicted molar refractivity (Wildman–Crippen MR) is 68.9 cm³/mol. The first-order valence-corrected chi connectivity index (χ1v) is 6.20. The molecule has 114 valence electrons. The zero-order valence-corrected chi connectivity index (χ0v) is 11.5. The molecule has 0 aliphatic heterocycles. The SMILES string of the molecule is CCC(C)OC(=O)C(NC(=O)c1ccc(F)cn1)C(=O)O. The van der Waals surface area contributed by atoms with Crippen LogP contribution in [0.3, 0.4) is 0 Å². The fourth-order valence-corrected chi connectivity index (χ4v) is 1.29. The van der Waals surface area contributed by atoms with Gasteiger partial charge in [0, 0.05) is 0 Å². The van der Waals surface area contributed by atoms with Crippen LogP contribution in [0.1, 0.15) is 30.8 Å². The molecule has 0 saturated heterocycles. The Morgan fingerprint density at radius 1 is 1.43 bits per heavy atom. The van der Waals surface area contributed by atoms with Gasteiger partial charge in [0.2, 0.25) is 6.04 Å². The van der Waals surface area contributed by atoms with Crippen molar-refractivity contribution in [1.82, 2.24) is 10.3 Å². The average Bonchev–Trinajstić information content (AvgIpc) is 2.44. The lowest BCUT2D eigenvalue weighted by atomic mass is 10.2. The van der Waals surface area contributed by atoms with E-state index < -0.39 is 35.8 Å². The number of nitrogens with one attached hydrogen (secondary N) is 1. The fraction of sp³-hybridized carbons (Fsp3) is 0.385. The number of aliphatic carboxylic acids is 1. The number of ether oxygens (including phenoxy) is 1. The number of aromatic nitrogens is 1. The van der Waals surface area contributed by atoms with Crippen molar-refractivity contribution in [2.24, 2.45) is 0 Å². The van der Waals surface area contributed by atoms with Gasteiger partial charge < -0.3 is 15.2 Å². The summed E-state index contributed by atoms with van der Waals surface area (Å²) in [5, 5.41) is 11.0. The van der Waals surface area contributed by atoms with E-state index in [9.17, 15) is 18.8 Å². The summed E-state index contributed by atoms with van der Waals surface area (Å²) in [6.45, 7) is 3.36. The smallest absolute Gasteiger partial charge is 0.340 e. The van der Waals surface area contributed by atoms with Gasteiger partial charge in [-0.1, -0.05) is 6.92 Å². The number of pyridine rings is 1. The van der Waals surface area contributed by atoms with Crippen LogP contribution < -0.4 is 5.32 Å². The van der Waals surface area contributed by atoms with Gasteiger partial charge in [-0.2, -0.15) is 0 Å². The van der Waals surface area contributed by atoms with Crippen LogP contribution in [0.4, 0.5) is 4.39 Å². The van der Waals surface area contributed by atoms with Gasteiger partial charge in [0.05, 0.1) is 12.3 Å². The quantitative estimate of drug-likeness (QED) is 0.593. The molecule has 0 aromatic carbocycles. The van der Waals surface area contributed by atoms with Crippen molar-refractivity contribution in [3.8, 4) is 0 Å². The minimum atomic E-state index is -1.85. The minimum Gasteiger partial charge on any atom is -0.479 e. The van der Waals surface area contributed by atoms with Crippen molar-refractivity contribution in [2.75, 3.05) is 0 Å². The van der Waals surface area contributed by atoms with E-state index >= 15 is 0 Å². The number of hydrogen-bond donors (Lipinski definition) is 2. The van der Waals surface area contributed by atoms with Gasteiger partial charge in [-0.15, -0.1) is 0 Å². The van der Waals surface area contributed by atoms with E-state index in [1.54, 1.807) is 13.8 Å². The second-order valence-electron chi connectivity index (χ2n) is 4.26. The molecule has 2 N–H and O–H groups in total. The molecule has 0 radical (unpaired) electrons. The molecule has 1 heterocycles. The Bertz CT molecular complexity index is 532. The lowest BCUT2D eigenvalue weighted by Gasteiger charge is -2.16. The Labute approximate surface area is 120 Å². The Balaban J connectivity index is 2.78. The van der Waals surface area contributed by atoms with E-state index in [-0.39, 0.29) is 5.69 Å². The summed E-state index contributed by atoms with van der Waals surface area (Å²) in [5.74, 6) is -4.19. The topological polar surface area (TPSA) is 106 Å². The highest BCUT2D eigenvalue weighted by Crippen LogP contribution is 2.02. The van der Waals surface area contributed by atoms with Gasteiger partial charge in [-0.3, -0.25) is 4.79 Å². The number of carbonyl (C=O) groups excluding carboxylic acids is 2. The molecule has 0 aliphatic carbocycles. The van der Waals surface area contributed by atoms with Crippen LogP contribution in [0.25, 0.3) is 0 Å². The van der Waals surface area contributed by atoms with Crippen LogP contribution in [-0.4, -0.2) is 40.1 Å². The van der Waals surface area contributed by atoms with Crippen molar-refractivity contribution in [3.05, 3.63) is 29.8 Å². The monoisotopic (exact) mass is 298 g/mol. The highest BCUT2D eigenvalue weighted by molar-refractivity contribution is 6.04. The summed E-state index contributed by atoms with van der Waals surface area (Å²) in [6, 6.07) is 0.219. The van der Waals surface area contributed by atoms with Crippen molar-refractivity contribution in [2.45, 2.75) is 32.4 Å². The summed E-state index contributed by atoms with van der Waals surface area (Å²) in [4.78, 5) is 38.0. The molecule has 21 heavy (non-hydrogen) atoms. The maximum atomic E-state index is 12.7. The number of amides is 1. The summed E-state index contributed by atoms with van der Waals surface area (Å²) in [6.07, 6.45) is 0.841. The molecule has 8 heteroatoms. The molecule has 0 bridgehead atoms. The molecule has 0 fully saturated rings. The Morgan fingerprint density at radius 3 is 2.57 bits per heavy atom. The van der Waals surface area contributed by atoms with E-state index in [0.717, 1.165) is 18.3 Å². The molecule has 0 aliphatic rings. The van der Waals surface area contributed by atoms with E-state index in [0.29, 0.717) is 6.42 Å². The van der Waals surface area contributed by atoms with Crippen LogP contribution in [0, 0.1) is 5.82 Å².